The maximum Gasteiger partial charge on any atom is 0.573 e. The quantitative estimate of drug-likeness (QED) is 0.861. The molecule has 0 heterocycles. The number of para-hydroxylation sites is 1. The van der Waals surface area contributed by atoms with Gasteiger partial charge in [0.15, 0.2) is 0 Å². The number of aliphatic hydroxyl groups excluding tert-OH is 1. The molecule has 0 radical (unpaired) electrons. The van der Waals surface area contributed by atoms with Crippen molar-refractivity contribution >= 4 is 0 Å². The predicted molar refractivity (Wildman–Crippen MR) is 56.4 cm³/mol. The van der Waals surface area contributed by atoms with Gasteiger partial charge in [-0.3, -0.25) is 0 Å². The molecular formula is C11H14F3NO2. The molecule has 96 valence electrons. The molecule has 0 aromatic heterocycles. The molecule has 0 saturated carbocycles. The summed E-state index contributed by atoms with van der Waals surface area (Å²) in [6.45, 7) is 1.74. The molecule has 6 heteroatoms. The van der Waals surface area contributed by atoms with Gasteiger partial charge in [0.25, 0.3) is 0 Å². The monoisotopic (exact) mass is 249 g/mol. The van der Waals surface area contributed by atoms with Crippen molar-refractivity contribution in [2.75, 3.05) is 0 Å². The number of alkyl halides is 3. The van der Waals surface area contributed by atoms with Crippen molar-refractivity contribution < 1.29 is 23.0 Å². The fraction of sp³-hybridized carbons (Fsp3) is 0.455. The van der Waals surface area contributed by atoms with Gasteiger partial charge in [-0.25, -0.2) is 0 Å². The molecule has 3 N–H and O–H groups in total. The fourth-order valence-corrected chi connectivity index (χ4v) is 1.40. The Labute approximate surface area is 97.0 Å². The Bertz CT molecular complexity index is 368. The third-order valence-electron chi connectivity index (χ3n) is 2.34. The van der Waals surface area contributed by atoms with Gasteiger partial charge in [-0.2, -0.15) is 0 Å². The van der Waals surface area contributed by atoms with Crippen molar-refractivity contribution in [3.8, 4) is 5.75 Å². The molecule has 0 aliphatic rings. The predicted octanol–water partition coefficient (Wildman–Crippen LogP) is 2.36. The third kappa shape index (κ3) is 3.90. The summed E-state index contributed by atoms with van der Waals surface area (Å²) in [6, 6.07) is 4.79. The summed E-state index contributed by atoms with van der Waals surface area (Å²) in [6.07, 6.45) is -5.52. The Morgan fingerprint density at radius 3 is 2.47 bits per heavy atom. The molecule has 0 amide bonds. The highest BCUT2D eigenvalue weighted by molar-refractivity contribution is 5.35. The van der Waals surface area contributed by atoms with Gasteiger partial charge >= 0.3 is 6.36 Å². The Hall–Kier alpha value is -1.27. The fourth-order valence-electron chi connectivity index (χ4n) is 1.40. The van der Waals surface area contributed by atoms with Crippen LogP contribution in [-0.4, -0.2) is 17.5 Å². The van der Waals surface area contributed by atoms with E-state index in [1.54, 1.807) is 6.92 Å². The molecule has 1 aromatic rings. The van der Waals surface area contributed by atoms with Crippen LogP contribution in [0.4, 0.5) is 13.2 Å². The first-order valence-electron chi connectivity index (χ1n) is 5.13. The van der Waals surface area contributed by atoms with Crippen molar-refractivity contribution in [3.63, 3.8) is 0 Å². The van der Waals surface area contributed by atoms with Crippen LogP contribution in [0.3, 0.4) is 0 Å². The Kier molecular flexibility index (Phi) is 4.36. The molecule has 0 saturated heterocycles. The van der Waals surface area contributed by atoms with Crippen LogP contribution in [0.2, 0.25) is 0 Å². The highest BCUT2D eigenvalue weighted by Crippen LogP contribution is 2.31. The number of halogens is 3. The molecule has 17 heavy (non-hydrogen) atoms. The lowest BCUT2D eigenvalue weighted by Crippen LogP contribution is -2.28. The first-order chi connectivity index (χ1) is 7.85. The van der Waals surface area contributed by atoms with E-state index in [0.717, 1.165) is 6.07 Å². The van der Waals surface area contributed by atoms with Crippen LogP contribution < -0.4 is 10.5 Å². The summed E-state index contributed by atoms with van der Waals surface area (Å²) in [5.41, 5.74) is 5.64. The number of rotatable bonds is 4. The van der Waals surface area contributed by atoms with E-state index in [9.17, 15) is 18.3 Å². The SMILES string of the molecule is CCC(N)C(O)c1ccccc1OC(F)(F)F. The summed E-state index contributed by atoms with van der Waals surface area (Å²) in [4.78, 5) is 0. The van der Waals surface area contributed by atoms with Gasteiger partial charge in [-0.15, -0.1) is 13.2 Å². The topological polar surface area (TPSA) is 55.5 Å². The highest BCUT2D eigenvalue weighted by Gasteiger charge is 2.33. The molecule has 0 bridgehead atoms. The average Bonchev–Trinajstić information content (AvgIpc) is 2.25. The molecular weight excluding hydrogens is 235 g/mol. The zero-order valence-electron chi connectivity index (χ0n) is 9.24. The summed E-state index contributed by atoms with van der Waals surface area (Å²) in [5, 5.41) is 9.79. The van der Waals surface area contributed by atoms with Crippen LogP contribution in [0.5, 0.6) is 5.75 Å². The molecule has 0 aliphatic heterocycles. The molecule has 1 rings (SSSR count). The highest BCUT2D eigenvalue weighted by atomic mass is 19.4. The number of ether oxygens (including phenoxy) is 1. The summed E-state index contributed by atoms with van der Waals surface area (Å²) < 4.78 is 40.2. The molecule has 0 fully saturated rings. The van der Waals surface area contributed by atoms with E-state index >= 15 is 0 Å². The summed E-state index contributed by atoms with van der Waals surface area (Å²) >= 11 is 0. The lowest BCUT2D eigenvalue weighted by atomic mass is 10.0. The lowest BCUT2D eigenvalue weighted by Gasteiger charge is -2.21. The molecule has 1 aromatic carbocycles. The second kappa shape index (κ2) is 5.37. The lowest BCUT2D eigenvalue weighted by molar-refractivity contribution is -0.275. The van der Waals surface area contributed by atoms with E-state index in [0.29, 0.717) is 6.42 Å². The maximum absolute atomic E-state index is 12.1. The van der Waals surface area contributed by atoms with Crippen molar-refractivity contribution in [1.82, 2.24) is 0 Å². The molecule has 0 aliphatic carbocycles. The van der Waals surface area contributed by atoms with E-state index in [1.807, 2.05) is 0 Å². The van der Waals surface area contributed by atoms with Crippen LogP contribution in [-0.2, 0) is 0 Å². The second-order valence-electron chi connectivity index (χ2n) is 3.60. The zero-order valence-corrected chi connectivity index (χ0v) is 9.24. The van der Waals surface area contributed by atoms with Crippen molar-refractivity contribution in [3.05, 3.63) is 29.8 Å². The van der Waals surface area contributed by atoms with Gasteiger partial charge in [-0.05, 0) is 12.5 Å². The van der Waals surface area contributed by atoms with Crippen LogP contribution in [0.1, 0.15) is 25.0 Å². The number of aliphatic hydroxyl groups is 1. The number of hydrogen-bond donors (Lipinski definition) is 2. The zero-order chi connectivity index (χ0) is 13.1. The van der Waals surface area contributed by atoms with E-state index in [2.05, 4.69) is 4.74 Å². The largest absolute Gasteiger partial charge is 0.573 e. The molecule has 2 unspecified atom stereocenters. The number of benzene rings is 1. The minimum absolute atomic E-state index is 0.0409. The molecule has 0 spiro atoms. The van der Waals surface area contributed by atoms with Gasteiger partial charge in [0.1, 0.15) is 5.75 Å². The Morgan fingerprint density at radius 2 is 1.94 bits per heavy atom. The summed E-state index contributed by atoms with van der Waals surface area (Å²) in [5.74, 6) is -0.420. The maximum atomic E-state index is 12.1. The third-order valence-corrected chi connectivity index (χ3v) is 2.34. The normalized spacial score (nSPS) is 15.4. The van der Waals surface area contributed by atoms with E-state index < -0.39 is 24.3 Å². The summed E-state index contributed by atoms with van der Waals surface area (Å²) in [7, 11) is 0. The first-order valence-corrected chi connectivity index (χ1v) is 5.13. The van der Waals surface area contributed by atoms with Gasteiger partial charge in [0.2, 0.25) is 0 Å². The standard InChI is InChI=1S/C11H14F3NO2/c1-2-8(15)10(16)7-5-3-4-6-9(7)17-11(12,13)14/h3-6,8,10,16H,2,15H2,1H3. The minimum Gasteiger partial charge on any atom is -0.405 e. The van der Waals surface area contributed by atoms with Crippen LogP contribution in [0, 0.1) is 0 Å². The Balaban J connectivity index is 2.99. The number of hydrogen-bond acceptors (Lipinski definition) is 3. The first kappa shape index (κ1) is 13.8. The van der Waals surface area contributed by atoms with E-state index in [-0.39, 0.29) is 5.56 Å². The van der Waals surface area contributed by atoms with Gasteiger partial charge in [0.05, 0.1) is 6.10 Å². The van der Waals surface area contributed by atoms with Gasteiger partial charge in [0, 0.05) is 11.6 Å². The van der Waals surface area contributed by atoms with Crippen LogP contribution in [0.25, 0.3) is 0 Å². The van der Waals surface area contributed by atoms with Gasteiger partial charge in [-0.1, -0.05) is 25.1 Å². The average molecular weight is 249 g/mol. The second-order valence-corrected chi connectivity index (χ2v) is 3.60. The van der Waals surface area contributed by atoms with Crippen molar-refractivity contribution in [2.24, 2.45) is 5.73 Å². The molecule has 3 nitrogen and oxygen atoms in total. The smallest absolute Gasteiger partial charge is 0.405 e. The number of nitrogens with two attached hydrogens (primary N) is 1. The molecule has 2 atom stereocenters. The van der Waals surface area contributed by atoms with Crippen molar-refractivity contribution in [1.29, 1.82) is 0 Å². The van der Waals surface area contributed by atoms with Gasteiger partial charge < -0.3 is 15.6 Å². The van der Waals surface area contributed by atoms with E-state index in [1.165, 1.54) is 18.2 Å². The van der Waals surface area contributed by atoms with E-state index in [4.69, 9.17) is 5.73 Å². The van der Waals surface area contributed by atoms with Crippen LogP contribution >= 0.6 is 0 Å². The Morgan fingerprint density at radius 1 is 1.35 bits per heavy atom. The van der Waals surface area contributed by atoms with Crippen LogP contribution in [0.15, 0.2) is 24.3 Å². The van der Waals surface area contributed by atoms with Crippen molar-refractivity contribution in [2.45, 2.75) is 31.9 Å². The minimum atomic E-state index is -4.79.